The first kappa shape index (κ1) is 18.2. The fraction of sp³-hybridized carbons (Fsp3) is 0.133. The van der Waals surface area contributed by atoms with Crippen LogP contribution in [0.15, 0.2) is 45.5 Å². The van der Waals surface area contributed by atoms with E-state index in [-0.39, 0.29) is 12.2 Å². The zero-order chi connectivity index (χ0) is 17.5. The number of H-pyrrole nitrogens is 1. The number of aromatic amines is 1. The lowest BCUT2D eigenvalue weighted by atomic mass is 10.3. The second-order valence-electron chi connectivity index (χ2n) is 4.61. The molecular formula is C15H13Br2N3O4. The molecule has 2 aromatic rings. The minimum atomic E-state index is -0.659. The molecule has 2 amide bonds. The van der Waals surface area contributed by atoms with Crippen LogP contribution in [0.4, 0.5) is 5.69 Å². The number of carbonyl (C=O) groups excluding carboxylic acids is 3. The number of amides is 2. The van der Waals surface area contributed by atoms with E-state index < -0.39 is 24.4 Å². The van der Waals surface area contributed by atoms with Gasteiger partial charge in [-0.25, -0.2) is 4.79 Å². The van der Waals surface area contributed by atoms with Gasteiger partial charge >= 0.3 is 5.97 Å². The average Bonchev–Trinajstić information content (AvgIpc) is 2.99. The third-order valence-electron chi connectivity index (χ3n) is 2.80. The normalized spacial score (nSPS) is 10.1. The maximum atomic E-state index is 11.8. The van der Waals surface area contributed by atoms with Crippen molar-refractivity contribution in [3.8, 4) is 0 Å². The molecule has 0 saturated carbocycles. The summed E-state index contributed by atoms with van der Waals surface area (Å²) in [5.74, 6) is -1.63. The van der Waals surface area contributed by atoms with E-state index >= 15 is 0 Å². The maximum Gasteiger partial charge on any atom is 0.355 e. The van der Waals surface area contributed by atoms with Gasteiger partial charge in [0.25, 0.3) is 5.91 Å². The summed E-state index contributed by atoms with van der Waals surface area (Å²) in [4.78, 5) is 37.7. The molecule has 1 aromatic heterocycles. The number of anilines is 1. The van der Waals surface area contributed by atoms with E-state index in [0.717, 1.165) is 4.47 Å². The summed E-state index contributed by atoms with van der Waals surface area (Å²) in [6.07, 6.45) is 1.57. The highest BCUT2D eigenvalue weighted by Gasteiger charge is 2.13. The van der Waals surface area contributed by atoms with E-state index in [9.17, 15) is 14.4 Å². The van der Waals surface area contributed by atoms with Crippen LogP contribution < -0.4 is 10.6 Å². The van der Waals surface area contributed by atoms with Crippen LogP contribution in [0.25, 0.3) is 0 Å². The molecular weight excluding hydrogens is 446 g/mol. The summed E-state index contributed by atoms with van der Waals surface area (Å²) in [6, 6.07) is 8.63. The van der Waals surface area contributed by atoms with Crippen LogP contribution in [0, 0.1) is 0 Å². The molecule has 0 aliphatic carbocycles. The lowest BCUT2D eigenvalue weighted by molar-refractivity contribution is -0.126. The zero-order valence-electron chi connectivity index (χ0n) is 12.3. The summed E-state index contributed by atoms with van der Waals surface area (Å²) in [5.41, 5.74) is 0.821. The van der Waals surface area contributed by atoms with Gasteiger partial charge in [0.2, 0.25) is 5.91 Å². The quantitative estimate of drug-likeness (QED) is 0.579. The van der Waals surface area contributed by atoms with Gasteiger partial charge in [0.05, 0.1) is 12.2 Å². The Balaban J connectivity index is 1.72. The molecule has 1 heterocycles. The lowest BCUT2D eigenvalue weighted by Crippen LogP contribution is -2.35. The highest BCUT2D eigenvalue weighted by atomic mass is 79.9. The number of esters is 1. The lowest BCUT2D eigenvalue weighted by Gasteiger charge is -2.08. The predicted molar refractivity (Wildman–Crippen MR) is 94.6 cm³/mol. The van der Waals surface area contributed by atoms with Crippen molar-refractivity contribution in [1.82, 2.24) is 10.3 Å². The SMILES string of the molecule is O=C(COC(=O)c1cc(Br)c[nH]1)NCC(=O)Nc1ccccc1Br. The number of carbonyl (C=O) groups is 3. The second-order valence-corrected chi connectivity index (χ2v) is 6.38. The molecule has 0 atom stereocenters. The van der Waals surface area contributed by atoms with Crippen molar-refractivity contribution < 1.29 is 19.1 Å². The Morgan fingerprint density at radius 1 is 1.12 bits per heavy atom. The fourth-order valence-corrected chi connectivity index (χ4v) is 2.41. The third kappa shape index (κ3) is 5.50. The summed E-state index contributed by atoms with van der Waals surface area (Å²) in [7, 11) is 0. The van der Waals surface area contributed by atoms with Crippen LogP contribution in [0.2, 0.25) is 0 Å². The minimum absolute atomic E-state index is 0.223. The number of aromatic nitrogens is 1. The summed E-state index contributed by atoms with van der Waals surface area (Å²) >= 11 is 6.49. The predicted octanol–water partition coefficient (Wildman–Crippen LogP) is 2.45. The minimum Gasteiger partial charge on any atom is -0.451 e. The Morgan fingerprint density at radius 3 is 2.54 bits per heavy atom. The Labute approximate surface area is 154 Å². The smallest absolute Gasteiger partial charge is 0.355 e. The fourth-order valence-electron chi connectivity index (χ4n) is 1.68. The van der Waals surface area contributed by atoms with Crippen LogP contribution in [0.5, 0.6) is 0 Å². The molecule has 126 valence electrons. The Hall–Kier alpha value is -2.13. The molecule has 0 bridgehead atoms. The van der Waals surface area contributed by atoms with Gasteiger partial charge in [-0.05, 0) is 50.1 Å². The molecule has 0 aliphatic rings. The number of nitrogens with one attached hydrogen (secondary N) is 3. The van der Waals surface area contributed by atoms with Gasteiger partial charge < -0.3 is 20.4 Å². The van der Waals surface area contributed by atoms with Gasteiger partial charge in [-0.15, -0.1) is 0 Å². The molecule has 24 heavy (non-hydrogen) atoms. The van der Waals surface area contributed by atoms with E-state index in [1.54, 1.807) is 24.4 Å². The number of ether oxygens (including phenoxy) is 1. The first-order valence-corrected chi connectivity index (χ1v) is 8.36. The van der Waals surface area contributed by atoms with Crippen molar-refractivity contribution in [2.75, 3.05) is 18.5 Å². The van der Waals surface area contributed by atoms with Gasteiger partial charge in [-0.2, -0.15) is 0 Å². The van der Waals surface area contributed by atoms with Crippen molar-refractivity contribution in [3.05, 3.63) is 51.2 Å². The molecule has 2 rings (SSSR count). The number of para-hydroxylation sites is 1. The van der Waals surface area contributed by atoms with Crippen molar-refractivity contribution in [2.45, 2.75) is 0 Å². The number of rotatable bonds is 6. The third-order valence-corrected chi connectivity index (χ3v) is 3.95. The standard InChI is InChI=1S/C15H13Br2N3O4/c16-9-5-12(18-6-9)15(23)24-8-14(22)19-7-13(21)20-11-4-2-1-3-10(11)17/h1-6,18H,7-8H2,(H,19,22)(H,20,21). The molecule has 1 aromatic carbocycles. The summed E-state index contributed by atoms with van der Waals surface area (Å²) in [6.45, 7) is -0.705. The van der Waals surface area contributed by atoms with Gasteiger partial charge in [0.1, 0.15) is 5.69 Å². The second kappa shape index (κ2) is 8.65. The Kier molecular flexibility index (Phi) is 6.56. The molecule has 3 N–H and O–H groups in total. The van der Waals surface area contributed by atoms with E-state index in [4.69, 9.17) is 4.74 Å². The highest BCUT2D eigenvalue weighted by Crippen LogP contribution is 2.20. The highest BCUT2D eigenvalue weighted by molar-refractivity contribution is 9.10. The van der Waals surface area contributed by atoms with Crippen molar-refractivity contribution >= 4 is 55.3 Å². The number of hydrogen-bond donors (Lipinski definition) is 3. The molecule has 0 unspecified atom stereocenters. The summed E-state index contributed by atoms with van der Waals surface area (Å²) in [5, 5.41) is 5.01. The van der Waals surface area contributed by atoms with Crippen LogP contribution in [-0.4, -0.2) is 35.9 Å². The van der Waals surface area contributed by atoms with Gasteiger partial charge in [0.15, 0.2) is 6.61 Å². The number of halogens is 2. The number of benzene rings is 1. The topological polar surface area (TPSA) is 100 Å². The Morgan fingerprint density at radius 2 is 1.88 bits per heavy atom. The number of hydrogen-bond acceptors (Lipinski definition) is 4. The molecule has 0 fully saturated rings. The molecule has 7 nitrogen and oxygen atoms in total. The van der Waals surface area contributed by atoms with E-state index in [1.165, 1.54) is 6.07 Å². The van der Waals surface area contributed by atoms with E-state index in [0.29, 0.717) is 10.2 Å². The maximum absolute atomic E-state index is 11.8. The van der Waals surface area contributed by atoms with Crippen LogP contribution in [-0.2, 0) is 14.3 Å². The molecule has 0 aliphatic heterocycles. The summed E-state index contributed by atoms with van der Waals surface area (Å²) < 4.78 is 6.26. The average molecular weight is 459 g/mol. The molecule has 9 heteroatoms. The zero-order valence-corrected chi connectivity index (χ0v) is 15.4. The molecule has 0 spiro atoms. The largest absolute Gasteiger partial charge is 0.451 e. The van der Waals surface area contributed by atoms with E-state index in [2.05, 4.69) is 47.5 Å². The first-order valence-electron chi connectivity index (χ1n) is 6.78. The van der Waals surface area contributed by atoms with Gasteiger partial charge in [-0.1, -0.05) is 12.1 Å². The van der Waals surface area contributed by atoms with Crippen LogP contribution >= 0.6 is 31.9 Å². The van der Waals surface area contributed by atoms with Gasteiger partial charge in [0, 0.05) is 15.1 Å². The van der Waals surface area contributed by atoms with E-state index in [1.807, 2.05) is 6.07 Å². The van der Waals surface area contributed by atoms with Crippen molar-refractivity contribution in [1.29, 1.82) is 0 Å². The van der Waals surface area contributed by atoms with Crippen LogP contribution in [0.1, 0.15) is 10.5 Å². The van der Waals surface area contributed by atoms with Crippen molar-refractivity contribution in [3.63, 3.8) is 0 Å². The molecule has 0 radical (unpaired) electrons. The van der Waals surface area contributed by atoms with Crippen LogP contribution in [0.3, 0.4) is 0 Å². The Bertz CT molecular complexity index is 761. The van der Waals surface area contributed by atoms with Gasteiger partial charge in [-0.3, -0.25) is 9.59 Å². The van der Waals surface area contributed by atoms with Crippen molar-refractivity contribution in [2.24, 2.45) is 0 Å². The monoisotopic (exact) mass is 457 g/mol. The molecule has 0 saturated heterocycles. The first-order chi connectivity index (χ1) is 11.5.